The summed E-state index contributed by atoms with van der Waals surface area (Å²) < 4.78 is 14.4. The van der Waals surface area contributed by atoms with Crippen molar-refractivity contribution >= 4 is 53.6 Å². The summed E-state index contributed by atoms with van der Waals surface area (Å²) >= 11 is 0. The second-order valence-electron chi connectivity index (χ2n) is 18.4. The molecule has 2 heterocycles. The molecule has 0 unspecified atom stereocenters. The number of carbonyl (C=O) groups excluding carboxylic acids is 2. The van der Waals surface area contributed by atoms with Gasteiger partial charge in [0.05, 0.1) is 36.8 Å². The first kappa shape index (κ1) is 43.1. The fourth-order valence-electron chi connectivity index (χ4n) is 10.4. The van der Waals surface area contributed by atoms with Gasteiger partial charge in [-0.25, -0.2) is 0 Å². The first-order valence-electron chi connectivity index (χ1n) is 22.3. The predicted octanol–water partition coefficient (Wildman–Crippen LogP) is 10.8. The van der Waals surface area contributed by atoms with Crippen LogP contribution < -0.4 is 20.6 Å². The van der Waals surface area contributed by atoms with Crippen molar-refractivity contribution in [3.8, 4) is 5.75 Å². The van der Waals surface area contributed by atoms with Crippen LogP contribution in [0, 0.1) is 31.6 Å². The van der Waals surface area contributed by atoms with Gasteiger partial charge in [-0.2, -0.15) is 0 Å². The second-order valence-corrected chi connectivity index (χ2v) is 22.7. The number of anilines is 3. The van der Waals surface area contributed by atoms with Crippen LogP contribution in [0.5, 0.6) is 5.75 Å². The summed E-state index contributed by atoms with van der Waals surface area (Å²) in [5.41, 5.74) is 8.83. The Hall–Kier alpha value is -5.54. The molecular weight excluding hydrogens is 785 g/mol. The Kier molecular flexibility index (Phi) is 12.6. The number of allylic oxidation sites excluding steroid dienone is 1. The van der Waals surface area contributed by atoms with Crippen molar-refractivity contribution in [2.24, 2.45) is 17.8 Å². The maximum atomic E-state index is 14.7. The van der Waals surface area contributed by atoms with Gasteiger partial charge in [0.25, 0.3) is 8.32 Å². The van der Waals surface area contributed by atoms with Crippen LogP contribution in [0.15, 0.2) is 144 Å². The molecule has 1 aliphatic carbocycles. The third kappa shape index (κ3) is 8.36. The van der Waals surface area contributed by atoms with E-state index < -0.39 is 20.2 Å². The summed E-state index contributed by atoms with van der Waals surface area (Å²) in [7, 11) is -2.94. The topological polar surface area (TPSA) is 88.1 Å². The molecule has 62 heavy (non-hydrogen) atoms. The van der Waals surface area contributed by atoms with E-state index in [-0.39, 0.29) is 28.9 Å². The molecule has 0 aromatic heterocycles. The minimum Gasteiger partial charge on any atom is -0.507 e. The summed E-state index contributed by atoms with van der Waals surface area (Å²) in [5, 5.41) is 16.0. The van der Waals surface area contributed by atoms with Gasteiger partial charge < -0.3 is 19.6 Å². The van der Waals surface area contributed by atoms with Crippen molar-refractivity contribution in [2.75, 3.05) is 23.4 Å². The molecule has 0 spiro atoms. The number of hydrogen-bond donors (Lipinski definition) is 2. The molecule has 8 rings (SSSR count). The number of amides is 2. The molecule has 3 aliphatic rings. The number of phenols is 1. The van der Waals surface area contributed by atoms with E-state index in [1.165, 1.54) is 20.8 Å². The van der Waals surface area contributed by atoms with E-state index in [0.29, 0.717) is 31.1 Å². The number of carbonyl (C=O) groups is 2. The molecule has 5 aromatic carbocycles. The van der Waals surface area contributed by atoms with Crippen molar-refractivity contribution in [3.63, 3.8) is 0 Å². The van der Waals surface area contributed by atoms with Gasteiger partial charge in [-0.15, -0.1) is 0 Å². The van der Waals surface area contributed by atoms with Crippen molar-refractivity contribution in [1.29, 1.82) is 0 Å². The van der Waals surface area contributed by atoms with Gasteiger partial charge in [-0.1, -0.05) is 125 Å². The Labute approximate surface area is 368 Å². The standard InChI is InChI=1S/C54H60N2O5Si/c1-7-17-38(32-39-30-36(2)51(57)37(3)31-39)24-29-48-49-40(34-61-62(54(4,5)6,44-20-13-9-14-21-44)45-22-15-10-16-23-45)33-46-50(47(49)35-60-48)53(59)56(52(46)58)43-27-25-42(26-28-43)55-41-18-11-8-12-19-41/h8-16,18-23,25-28,30-32,46-48,50,55,57H,7,17,24,29,33-35H2,1-6H3/b38-32+/t46-,47+,48-,50-/m1/s1. The monoisotopic (exact) mass is 844 g/mol. The normalized spacial score (nSPS) is 20.4. The lowest BCUT2D eigenvalue weighted by molar-refractivity contribution is -0.122. The molecule has 7 nitrogen and oxygen atoms in total. The lowest BCUT2D eigenvalue weighted by Crippen LogP contribution is -2.66. The minimum atomic E-state index is -2.94. The number of fused-ring (bicyclic) bond motifs is 3. The van der Waals surface area contributed by atoms with Gasteiger partial charge in [-0.3, -0.25) is 14.5 Å². The molecule has 2 amide bonds. The van der Waals surface area contributed by atoms with Gasteiger partial charge in [0.2, 0.25) is 11.8 Å². The first-order valence-corrected chi connectivity index (χ1v) is 24.2. The SMILES string of the molecule is CCC/C(=C\c1cc(C)c(O)c(C)c1)CC[C@H]1OC[C@H]2C1=C(CO[Si](c1ccccc1)(c1ccccc1)C(C)(C)C)C[C@H]1C(=O)N(c3ccc(Nc4ccccc4)cc3)C(=O)[C@H]12. The number of nitrogens with one attached hydrogen (secondary N) is 1. The highest BCUT2D eigenvalue weighted by molar-refractivity contribution is 6.99. The molecule has 2 saturated heterocycles. The number of nitrogens with zero attached hydrogens (tertiary/aromatic N) is 1. The lowest BCUT2D eigenvalue weighted by atomic mass is 9.69. The zero-order valence-electron chi connectivity index (χ0n) is 37.0. The number of para-hydroxylation sites is 1. The van der Waals surface area contributed by atoms with E-state index in [1.54, 1.807) is 0 Å². The number of rotatable bonds is 14. The van der Waals surface area contributed by atoms with Gasteiger partial charge >= 0.3 is 0 Å². The Morgan fingerprint density at radius 3 is 1.97 bits per heavy atom. The Bertz CT molecular complexity index is 2400. The predicted molar refractivity (Wildman–Crippen MR) is 254 cm³/mol. The molecule has 0 saturated carbocycles. The van der Waals surface area contributed by atoms with Crippen molar-refractivity contribution in [3.05, 3.63) is 161 Å². The van der Waals surface area contributed by atoms with Gasteiger partial charge in [0.15, 0.2) is 0 Å². The molecule has 2 fully saturated rings. The molecule has 2 aliphatic heterocycles. The number of benzene rings is 5. The number of phenolic OH excluding ortho intramolecular Hbond substituents is 1. The molecular formula is C54H60N2O5Si. The number of aryl methyl sites for hydroxylation is 2. The lowest BCUT2D eigenvalue weighted by Gasteiger charge is -2.44. The minimum absolute atomic E-state index is 0.146. The van der Waals surface area contributed by atoms with Crippen LogP contribution in [0.4, 0.5) is 17.1 Å². The summed E-state index contributed by atoms with van der Waals surface area (Å²) in [6, 6.07) is 43.0. The first-order chi connectivity index (χ1) is 29.9. The van der Waals surface area contributed by atoms with Crippen LogP contribution in [0.2, 0.25) is 5.04 Å². The van der Waals surface area contributed by atoms with Gasteiger partial charge in [0, 0.05) is 17.3 Å². The molecule has 0 radical (unpaired) electrons. The van der Waals surface area contributed by atoms with Crippen molar-refractivity contribution in [1.82, 2.24) is 0 Å². The van der Waals surface area contributed by atoms with E-state index in [4.69, 9.17) is 9.16 Å². The molecule has 8 heteroatoms. The number of aromatic hydroxyl groups is 1. The van der Waals surface area contributed by atoms with E-state index >= 15 is 0 Å². The van der Waals surface area contributed by atoms with Crippen LogP contribution in [-0.4, -0.2) is 44.6 Å². The zero-order chi connectivity index (χ0) is 43.6. The van der Waals surface area contributed by atoms with E-state index in [9.17, 15) is 14.7 Å². The molecule has 5 aromatic rings. The Morgan fingerprint density at radius 1 is 0.806 bits per heavy atom. The van der Waals surface area contributed by atoms with E-state index in [0.717, 1.165) is 64.9 Å². The van der Waals surface area contributed by atoms with E-state index in [2.05, 4.69) is 99.8 Å². The summed E-state index contributed by atoms with van der Waals surface area (Å²) in [6.07, 6.45) is 6.06. The zero-order valence-corrected chi connectivity index (χ0v) is 38.0. The molecule has 4 atom stereocenters. The maximum absolute atomic E-state index is 14.7. The van der Waals surface area contributed by atoms with E-state index in [1.807, 2.05) is 80.6 Å². The number of imide groups is 1. The Balaban J connectivity index is 1.14. The highest BCUT2D eigenvalue weighted by Crippen LogP contribution is 2.51. The fraction of sp³-hybridized carbons (Fsp3) is 0.333. The summed E-state index contributed by atoms with van der Waals surface area (Å²) in [6.45, 7) is 13.7. The summed E-state index contributed by atoms with van der Waals surface area (Å²) in [4.78, 5) is 30.8. The Morgan fingerprint density at radius 2 is 1.39 bits per heavy atom. The largest absolute Gasteiger partial charge is 0.507 e. The van der Waals surface area contributed by atoms with Crippen LogP contribution >= 0.6 is 0 Å². The highest BCUT2D eigenvalue weighted by atomic mass is 28.4. The average molecular weight is 845 g/mol. The highest BCUT2D eigenvalue weighted by Gasteiger charge is 2.58. The second kappa shape index (κ2) is 18.0. The number of hydrogen-bond acceptors (Lipinski definition) is 6. The fourth-order valence-corrected chi connectivity index (χ4v) is 15.0. The number of ether oxygens (including phenoxy) is 1. The van der Waals surface area contributed by atoms with Gasteiger partial charge in [-0.05, 0) is 131 Å². The molecule has 320 valence electrons. The average Bonchev–Trinajstić information content (AvgIpc) is 3.80. The quantitative estimate of drug-likeness (QED) is 0.0658. The van der Waals surface area contributed by atoms with Crippen LogP contribution in [-0.2, 0) is 18.8 Å². The maximum Gasteiger partial charge on any atom is 0.261 e. The van der Waals surface area contributed by atoms with Gasteiger partial charge in [0.1, 0.15) is 5.75 Å². The third-order valence-electron chi connectivity index (χ3n) is 13.3. The summed E-state index contributed by atoms with van der Waals surface area (Å²) in [5.74, 6) is -1.19. The van der Waals surface area contributed by atoms with Crippen LogP contribution in [0.25, 0.3) is 6.08 Å². The molecule has 2 N–H and O–H groups in total. The van der Waals surface area contributed by atoms with Crippen molar-refractivity contribution in [2.45, 2.75) is 84.8 Å². The van der Waals surface area contributed by atoms with Crippen LogP contribution in [0.1, 0.15) is 76.5 Å². The third-order valence-corrected chi connectivity index (χ3v) is 18.2. The smallest absolute Gasteiger partial charge is 0.261 e. The van der Waals surface area contributed by atoms with Crippen molar-refractivity contribution < 1.29 is 23.9 Å². The van der Waals surface area contributed by atoms with Crippen LogP contribution in [0.3, 0.4) is 0 Å². The molecule has 0 bridgehead atoms.